The Morgan fingerprint density at radius 3 is 2.75 bits per heavy atom. The van der Waals surface area contributed by atoms with Crippen molar-refractivity contribution >= 4 is 23.0 Å². The lowest BCUT2D eigenvalue weighted by molar-refractivity contribution is -0.384. The standard InChI is InChI=1S/C9H10ClFN2O3/c1-12(2-3-14)8-5-7(11)6(10)4-9(8)13(15)16/h4-5,14H,2-3H2,1H3. The van der Waals surface area contributed by atoms with E-state index in [0.717, 1.165) is 12.1 Å². The molecule has 0 aliphatic rings. The molecule has 16 heavy (non-hydrogen) atoms. The van der Waals surface area contributed by atoms with Gasteiger partial charge in [0.1, 0.15) is 11.5 Å². The Kier molecular flexibility index (Phi) is 4.03. The van der Waals surface area contributed by atoms with Gasteiger partial charge in [0, 0.05) is 25.7 Å². The molecule has 1 rings (SSSR count). The van der Waals surface area contributed by atoms with E-state index < -0.39 is 10.7 Å². The molecule has 5 nitrogen and oxygen atoms in total. The van der Waals surface area contributed by atoms with Crippen LogP contribution < -0.4 is 4.90 Å². The molecule has 0 bridgehead atoms. The van der Waals surface area contributed by atoms with E-state index in [1.165, 1.54) is 11.9 Å². The number of rotatable bonds is 4. The smallest absolute Gasteiger partial charge is 0.294 e. The van der Waals surface area contributed by atoms with Crippen LogP contribution in [-0.2, 0) is 0 Å². The van der Waals surface area contributed by atoms with Crippen molar-refractivity contribution in [2.24, 2.45) is 0 Å². The van der Waals surface area contributed by atoms with Crippen molar-refractivity contribution in [2.75, 3.05) is 25.1 Å². The summed E-state index contributed by atoms with van der Waals surface area (Å²) >= 11 is 5.46. The molecule has 0 saturated carbocycles. The summed E-state index contributed by atoms with van der Waals surface area (Å²) in [6.07, 6.45) is 0. The first-order chi connectivity index (χ1) is 7.47. The molecule has 1 N–H and O–H groups in total. The van der Waals surface area contributed by atoms with Gasteiger partial charge in [-0.25, -0.2) is 4.39 Å². The minimum absolute atomic E-state index is 0.0842. The van der Waals surface area contributed by atoms with E-state index in [4.69, 9.17) is 16.7 Å². The quantitative estimate of drug-likeness (QED) is 0.652. The maximum Gasteiger partial charge on any atom is 0.294 e. The number of halogens is 2. The van der Waals surface area contributed by atoms with Gasteiger partial charge in [0.25, 0.3) is 5.69 Å². The zero-order valence-corrected chi connectivity index (χ0v) is 9.24. The van der Waals surface area contributed by atoms with Gasteiger partial charge in [-0.1, -0.05) is 11.6 Å². The van der Waals surface area contributed by atoms with Gasteiger partial charge in [-0.05, 0) is 0 Å². The van der Waals surface area contributed by atoms with Crippen LogP contribution in [0.25, 0.3) is 0 Å². The zero-order valence-electron chi connectivity index (χ0n) is 8.48. The summed E-state index contributed by atoms with van der Waals surface area (Å²) in [4.78, 5) is 11.5. The average molecular weight is 249 g/mol. The van der Waals surface area contributed by atoms with E-state index in [0.29, 0.717) is 0 Å². The van der Waals surface area contributed by atoms with Gasteiger partial charge < -0.3 is 10.0 Å². The highest BCUT2D eigenvalue weighted by molar-refractivity contribution is 6.31. The number of anilines is 1. The average Bonchev–Trinajstić information content (AvgIpc) is 2.21. The summed E-state index contributed by atoms with van der Waals surface area (Å²) in [5.74, 6) is -0.730. The molecule has 0 aliphatic heterocycles. The third kappa shape index (κ3) is 2.59. The van der Waals surface area contributed by atoms with Crippen LogP contribution in [0.1, 0.15) is 0 Å². The molecule has 1 aromatic rings. The topological polar surface area (TPSA) is 66.6 Å². The van der Waals surface area contributed by atoms with E-state index in [1.807, 2.05) is 0 Å². The van der Waals surface area contributed by atoms with E-state index in [1.54, 1.807) is 0 Å². The SMILES string of the molecule is CN(CCO)c1cc(F)c(Cl)cc1[N+](=O)[O-]. The Labute approximate surface area is 96.2 Å². The summed E-state index contributed by atoms with van der Waals surface area (Å²) in [6, 6.07) is 1.94. The molecule has 0 heterocycles. The molecule has 7 heteroatoms. The first kappa shape index (κ1) is 12.7. The predicted molar refractivity (Wildman–Crippen MR) is 58.4 cm³/mol. The van der Waals surface area contributed by atoms with E-state index in [-0.39, 0.29) is 29.5 Å². The second kappa shape index (κ2) is 5.09. The molecule has 0 aromatic heterocycles. The minimum Gasteiger partial charge on any atom is -0.395 e. The highest BCUT2D eigenvalue weighted by Gasteiger charge is 2.20. The normalized spacial score (nSPS) is 10.2. The zero-order chi connectivity index (χ0) is 12.3. The number of aliphatic hydroxyl groups excluding tert-OH is 1. The van der Waals surface area contributed by atoms with Crippen LogP contribution in [0.2, 0.25) is 5.02 Å². The van der Waals surface area contributed by atoms with Crippen molar-refractivity contribution in [3.05, 3.63) is 33.1 Å². The van der Waals surface area contributed by atoms with E-state index in [2.05, 4.69) is 0 Å². The molecular formula is C9H10ClFN2O3. The maximum absolute atomic E-state index is 13.2. The number of aliphatic hydroxyl groups is 1. The van der Waals surface area contributed by atoms with Crippen molar-refractivity contribution in [1.82, 2.24) is 0 Å². The van der Waals surface area contributed by atoms with Gasteiger partial charge in [-0.2, -0.15) is 0 Å². The summed E-state index contributed by atoms with van der Waals surface area (Å²) in [7, 11) is 1.52. The number of nitrogens with zero attached hydrogens (tertiary/aromatic N) is 2. The predicted octanol–water partition coefficient (Wildman–Crippen LogP) is 1.82. The van der Waals surface area contributed by atoms with E-state index >= 15 is 0 Å². The molecule has 88 valence electrons. The van der Waals surface area contributed by atoms with Crippen LogP contribution in [0.3, 0.4) is 0 Å². The lowest BCUT2D eigenvalue weighted by atomic mass is 10.2. The highest BCUT2D eigenvalue weighted by atomic mass is 35.5. The Bertz CT molecular complexity index is 414. The van der Waals surface area contributed by atoms with Gasteiger partial charge in [0.05, 0.1) is 16.6 Å². The maximum atomic E-state index is 13.2. The van der Waals surface area contributed by atoms with Crippen molar-refractivity contribution < 1.29 is 14.4 Å². The molecular weight excluding hydrogens is 239 g/mol. The molecule has 0 aliphatic carbocycles. The third-order valence-electron chi connectivity index (χ3n) is 2.06. The Hall–Kier alpha value is -1.40. The van der Waals surface area contributed by atoms with Crippen molar-refractivity contribution in [3.8, 4) is 0 Å². The van der Waals surface area contributed by atoms with E-state index in [9.17, 15) is 14.5 Å². The monoisotopic (exact) mass is 248 g/mol. The molecule has 0 unspecified atom stereocenters. The number of likely N-dealkylation sites (N-methyl/N-ethyl adjacent to an activating group) is 1. The minimum atomic E-state index is -0.730. The van der Waals surface area contributed by atoms with Gasteiger partial charge >= 0.3 is 0 Å². The summed E-state index contributed by atoms with van der Waals surface area (Å²) < 4.78 is 13.2. The van der Waals surface area contributed by atoms with Crippen molar-refractivity contribution in [3.63, 3.8) is 0 Å². The van der Waals surface area contributed by atoms with Crippen molar-refractivity contribution in [1.29, 1.82) is 0 Å². The molecule has 0 spiro atoms. The Morgan fingerprint density at radius 2 is 2.25 bits per heavy atom. The second-order valence-electron chi connectivity index (χ2n) is 3.16. The fraction of sp³-hybridized carbons (Fsp3) is 0.333. The highest BCUT2D eigenvalue weighted by Crippen LogP contribution is 2.32. The van der Waals surface area contributed by atoms with Gasteiger partial charge in [0.15, 0.2) is 0 Å². The number of nitro benzene ring substituents is 1. The molecule has 0 amide bonds. The Balaban J connectivity index is 3.24. The van der Waals surface area contributed by atoms with Crippen LogP contribution in [-0.4, -0.2) is 30.2 Å². The largest absolute Gasteiger partial charge is 0.395 e. The molecule has 0 atom stereocenters. The lowest BCUT2D eigenvalue weighted by Crippen LogP contribution is -2.22. The number of benzene rings is 1. The van der Waals surface area contributed by atoms with Gasteiger partial charge in [-0.3, -0.25) is 10.1 Å². The van der Waals surface area contributed by atoms with Crippen molar-refractivity contribution in [2.45, 2.75) is 0 Å². The van der Waals surface area contributed by atoms with Crippen LogP contribution in [0.4, 0.5) is 15.8 Å². The summed E-state index contributed by atoms with van der Waals surface area (Å²) in [6.45, 7) is -0.0141. The molecule has 0 saturated heterocycles. The van der Waals surface area contributed by atoms with Crippen LogP contribution in [0, 0.1) is 15.9 Å². The third-order valence-corrected chi connectivity index (χ3v) is 2.35. The number of hydrogen-bond donors (Lipinski definition) is 1. The summed E-state index contributed by atoms with van der Waals surface area (Å²) in [5.41, 5.74) is -0.205. The molecule has 0 fully saturated rings. The fourth-order valence-electron chi connectivity index (χ4n) is 1.25. The second-order valence-corrected chi connectivity index (χ2v) is 3.56. The summed E-state index contributed by atoms with van der Waals surface area (Å²) in [5, 5.41) is 19.2. The lowest BCUT2D eigenvalue weighted by Gasteiger charge is -2.17. The first-order valence-corrected chi connectivity index (χ1v) is 4.80. The van der Waals surface area contributed by atoms with Crippen LogP contribution in [0.15, 0.2) is 12.1 Å². The van der Waals surface area contributed by atoms with Gasteiger partial charge in [-0.15, -0.1) is 0 Å². The first-order valence-electron chi connectivity index (χ1n) is 4.42. The van der Waals surface area contributed by atoms with Gasteiger partial charge in [0.2, 0.25) is 0 Å². The number of hydrogen-bond acceptors (Lipinski definition) is 4. The Morgan fingerprint density at radius 1 is 1.62 bits per heavy atom. The van der Waals surface area contributed by atoms with Crippen LogP contribution in [0.5, 0.6) is 0 Å². The number of nitro groups is 1. The molecule has 0 radical (unpaired) electrons. The molecule has 1 aromatic carbocycles. The fourth-order valence-corrected chi connectivity index (χ4v) is 1.41. The van der Waals surface area contributed by atoms with Crippen LogP contribution >= 0.6 is 11.6 Å².